The van der Waals surface area contributed by atoms with Gasteiger partial charge in [-0.25, -0.2) is 9.97 Å². The fourth-order valence-corrected chi connectivity index (χ4v) is 3.64. The van der Waals surface area contributed by atoms with Gasteiger partial charge in [0.2, 0.25) is 0 Å². The van der Waals surface area contributed by atoms with Crippen molar-refractivity contribution in [3.63, 3.8) is 0 Å². The molecule has 150 valence electrons. The maximum absolute atomic E-state index is 9.86. The van der Waals surface area contributed by atoms with Crippen molar-refractivity contribution in [1.29, 1.82) is 5.26 Å². The van der Waals surface area contributed by atoms with Gasteiger partial charge >= 0.3 is 0 Å². The zero-order valence-electron chi connectivity index (χ0n) is 17.6. The SMILES string of the molecule is CC(C)(O)C#Cc1cnc2c(c1)c1cc(C#N)ncc1n2COCC[Si](C)(C)C. The Morgan fingerprint density at radius 1 is 1.17 bits per heavy atom. The Labute approximate surface area is 172 Å². The van der Waals surface area contributed by atoms with E-state index in [1.165, 1.54) is 0 Å². The lowest BCUT2D eigenvalue weighted by atomic mass is 10.1. The quantitative estimate of drug-likeness (QED) is 0.395. The molecule has 0 atom stereocenters. The smallest absolute Gasteiger partial charge is 0.142 e. The van der Waals surface area contributed by atoms with E-state index in [0.717, 1.165) is 28.0 Å². The van der Waals surface area contributed by atoms with Crippen LogP contribution in [0.4, 0.5) is 0 Å². The molecular formula is C22H26N4O2Si. The highest BCUT2D eigenvalue weighted by atomic mass is 28.3. The highest BCUT2D eigenvalue weighted by molar-refractivity contribution is 6.76. The van der Waals surface area contributed by atoms with E-state index in [2.05, 4.69) is 47.5 Å². The van der Waals surface area contributed by atoms with Crippen molar-refractivity contribution < 1.29 is 9.84 Å². The van der Waals surface area contributed by atoms with Crippen LogP contribution >= 0.6 is 0 Å². The van der Waals surface area contributed by atoms with E-state index in [1.807, 2.05) is 10.6 Å². The van der Waals surface area contributed by atoms with Gasteiger partial charge in [0.05, 0.1) is 11.7 Å². The molecule has 0 bridgehead atoms. The van der Waals surface area contributed by atoms with Gasteiger partial charge in [-0.3, -0.25) is 4.57 Å². The first kappa shape index (κ1) is 21.0. The van der Waals surface area contributed by atoms with E-state index in [4.69, 9.17) is 4.74 Å². The van der Waals surface area contributed by atoms with Gasteiger partial charge in [0, 0.05) is 37.2 Å². The summed E-state index contributed by atoms with van der Waals surface area (Å²) in [6.07, 6.45) is 3.39. The molecule has 0 saturated carbocycles. The van der Waals surface area contributed by atoms with Gasteiger partial charge < -0.3 is 9.84 Å². The predicted molar refractivity (Wildman–Crippen MR) is 117 cm³/mol. The van der Waals surface area contributed by atoms with Crippen LogP contribution in [0.3, 0.4) is 0 Å². The van der Waals surface area contributed by atoms with Crippen molar-refractivity contribution in [2.75, 3.05) is 6.61 Å². The van der Waals surface area contributed by atoms with Crippen LogP contribution in [0.15, 0.2) is 24.5 Å². The topological polar surface area (TPSA) is 84.0 Å². The van der Waals surface area contributed by atoms with Gasteiger partial charge in [-0.15, -0.1) is 0 Å². The lowest BCUT2D eigenvalue weighted by Crippen LogP contribution is -2.22. The zero-order valence-corrected chi connectivity index (χ0v) is 18.6. The Balaban J connectivity index is 2.05. The second kappa shape index (κ2) is 7.96. The number of aliphatic hydroxyl groups is 1. The molecule has 29 heavy (non-hydrogen) atoms. The first-order chi connectivity index (χ1) is 13.6. The summed E-state index contributed by atoms with van der Waals surface area (Å²) in [6, 6.07) is 6.88. The molecule has 0 fully saturated rings. The largest absolute Gasteiger partial charge is 0.378 e. The molecule has 3 aromatic heterocycles. The standard InChI is InChI=1S/C22H26N4O2Si/c1-22(2,27)7-6-16-10-19-18-11-17(12-23)24-14-20(18)26(21(19)25-13-16)15-28-8-9-29(3,4)5/h10-11,13-14,27H,8-9,15H2,1-5H3. The number of ether oxygens (including phenoxy) is 1. The van der Waals surface area contributed by atoms with Gasteiger partial charge in [-0.2, -0.15) is 5.26 Å². The Bertz CT molecular complexity index is 1150. The number of fused-ring (bicyclic) bond motifs is 3. The molecule has 7 heteroatoms. The second-order valence-corrected chi connectivity index (χ2v) is 14.5. The molecule has 0 aliphatic carbocycles. The van der Waals surface area contributed by atoms with Crippen LogP contribution in [0.1, 0.15) is 25.1 Å². The molecule has 0 saturated heterocycles. The molecule has 3 heterocycles. The zero-order chi connectivity index (χ0) is 21.2. The van der Waals surface area contributed by atoms with Gasteiger partial charge in [0.15, 0.2) is 0 Å². The molecule has 0 radical (unpaired) electrons. The van der Waals surface area contributed by atoms with Gasteiger partial charge in [-0.05, 0) is 32.0 Å². The van der Waals surface area contributed by atoms with E-state index < -0.39 is 13.7 Å². The van der Waals surface area contributed by atoms with Crippen molar-refractivity contribution in [2.24, 2.45) is 0 Å². The lowest BCUT2D eigenvalue weighted by Gasteiger charge is -2.16. The maximum Gasteiger partial charge on any atom is 0.142 e. The first-order valence-electron chi connectivity index (χ1n) is 9.59. The molecule has 0 unspecified atom stereocenters. The highest BCUT2D eigenvalue weighted by Crippen LogP contribution is 2.28. The third-order valence-electron chi connectivity index (χ3n) is 4.43. The first-order valence-corrected chi connectivity index (χ1v) is 13.3. The third kappa shape index (κ3) is 5.21. The Kier molecular flexibility index (Phi) is 5.77. The fraction of sp³-hybridized carbons (Fsp3) is 0.409. The van der Waals surface area contributed by atoms with Crippen LogP contribution in [-0.2, 0) is 11.5 Å². The van der Waals surface area contributed by atoms with Crippen LogP contribution in [0.25, 0.3) is 21.9 Å². The Morgan fingerprint density at radius 3 is 2.59 bits per heavy atom. The molecule has 0 aliphatic rings. The summed E-state index contributed by atoms with van der Waals surface area (Å²) in [7, 11) is -1.17. The summed E-state index contributed by atoms with van der Waals surface area (Å²) in [5.74, 6) is 5.78. The molecule has 0 spiro atoms. The minimum Gasteiger partial charge on any atom is -0.378 e. The number of hydrogen-bond acceptors (Lipinski definition) is 5. The van der Waals surface area contributed by atoms with Crippen LogP contribution < -0.4 is 0 Å². The number of hydrogen-bond donors (Lipinski definition) is 1. The minimum atomic E-state index is -1.17. The predicted octanol–water partition coefficient (Wildman–Crippen LogP) is 3.89. The number of rotatable bonds is 5. The summed E-state index contributed by atoms with van der Waals surface area (Å²) >= 11 is 0. The number of aromatic nitrogens is 3. The highest BCUT2D eigenvalue weighted by Gasteiger charge is 2.16. The monoisotopic (exact) mass is 406 g/mol. The summed E-state index contributed by atoms with van der Waals surface area (Å²) in [6.45, 7) is 11.3. The average Bonchev–Trinajstić information content (AvgIpc) is 2.94. The van der Waals surface area contributed by atoms with Crippen molar-refractivity contribution in [2.45, 2.75) is 51.9 Å². The van der Waals surface area contributed by atoms with E-state index in [-0.39, 0.29) is 0 Å². The Morgan fingerprint density at radius 2 is 1.93 bits per heavy atom. The minimum absolute atomic E-state index is 0.351. The van der Waals surface area contributed by atoms with E-state index in [9.17, 15) is 10.4 Å². The van der Waals surface area contributed by atoms with Crippen LogP contribution in [0.5, 0.6) is 0 Å². The van der Waals surface area contributed by atoms with Crippen LogP contribution in [0.2, 0.25) is 25.7 Å². The fourth-order valence-electron chi connectivity index (χ4n) is 2.88. The average molecular weight is 407 g/mol. The maximum atomic E-state index is 9.86. The van der Waals surface area contributed by atoms with Gasteiger partial charge in [0.1, 0.15) is 29.7 Å². The van der Waals surface area contributed by atoms with E-state index in [1.54, 1.807) is 32.3 Å². The second-order valence-electron chi connectivity index (χ2n) is 8.88. The van der Waals surface area contributed by atoms with Crippen LogP contribution in [-0.4, -0.2) is 39.9 Å². The summed E-state index contributed by atoms with van der Waals surface area (Å²) in [4.78, 5) is 8.82. The molecule has 0 aliphatic heterocycles. The van der Waals surface area contributed by atoms with Crippen molar-refractivity contribution >= 4 is 30.0 Å². The molecule has 1 N–H and O–H groups in total. The normalized spacial score (nSPS) is 12.0. The number of pyridine rings is 2. The van der Waals surface area contributed by atoms with Crippen molar-refractivity contribution in [3.05, 3.63) is 35.8 Å². The summed E-state index contributed by atoms with van der Waals surface area (Å²) in [5.41, 5.74) is 1.61. The van der Waals surface area contributed by atoms with Gasteiger partial charge in [-0.1, -0.05) is 31.5 Å². The number of nitriles is 1. The molecule has 0 aromatic carbocycles. The van der Waals surface area contributed by atoms with Crippen molar-refractivity contribution in [1.82, 2.24) is 14.5 Å². The molecule has 0 amide bonds. The summed E-state index contributed by atoms with van der Waals surface area (Å²) < 4.78 is 7.94. The lowest BCUT2D eigenvalue weighted by molar-refractivity contribution is 0.0925. The Hall–Kier alpha value is -2.71. The van der Waals surface area contributed by atoms with Crippen molar-refractivity contribution in [3.8, 4) is 17.9 Å². The summed E-state index contributed by atoms with van der Waals surface area (Å²) in [5, 5.41) is 20.9. The molecular weight excluding hydrogens is 380 g/mol. The molecule has 3 rings (SSSR count). The van der Waals surface area contributed by atoms with Gasteiger partial charge in [0.25, 0.3) is 0 Å². The third-order valence-corrected chi connectivity index (χ3v) is 6.13. The van der Waals surface area contributed by atoms with E-state index in [0.29, 0.717) is 24.6 Å². The van der Waals surface area contributed by atoms with Crippen LogP contribution in [0, 0.1) is 23.2 Å². The molecule has 6 nitrogen and oxygen atoms in total. The molecule has 3 aromatic rings. The number of nitrogens with zero attached hydrogens (tertiary/aromatic N) is 4. The van der Waals surface area contributed by atoms with E-state index >= 15 is 0 Å².